The van der Waals surface area contributed by atoms with Crippen molar-refractivity contribution in [2.45, 2.75) is 13.1 Å². The molecule has 1 nitrogen and oxygen atoms in total. The number of terminal acetylenes is 1. The maximum absolute atomic E-state index is 12.2. The molecule has 1 aliphatic rings. The number of rotatable bonds is 1. The van der Waals surface area contributed by atoms with Gasteiger partial charge in [0.05, 0.1) is 0 Å². The molecule has 0 bridgehead atoms. The van der Waals surface area contributed by atoms with E-state index in [0.717, 1.165) is 4.90 Å². The Balaban J connectivity index is 2.92. The van der Waals surface area contributed by atoms with E-state index in [1.807, 2.05) is 0 Å². The number of halogens is 3. The fraction of sp³-hybridized carbons (Fsp3) is 0.273. The minimum absolute atomic E-state index is 0.209. The SMILES string of the molecule is C#CC1=CC(C)=CN(CC(F)(F)F)C1=C. The van der Waals surface area contributed by atoms with E-state index < -0.39 is 12.7 Å². The Labute approximate surface area is 86.6 Å². The first-order valence-electron chi connectivity index (χ1n) is 4.23. The van der Waals surface area contributed by atoms with Crippen molar-refractivity contribution in [2.24, 2.45) is 0 Å². The van der Waals surface area contributed by atoms with E-state index in [0.29, 0.717) is 11.1 Å². The molecule has 80 valence electrons. The van der Waals surface area contributed by atoms with Crippen molar-refractivity contribution in [2.75, 3.05) is 6.54 Å². The van der Waals surface area contributed by atoms with Crippen LogP contribution in [-0.4, -0.2) is 17.6 Å². The number of hydrogen-bond acceptors (Lipinski definition) is 1. The second-order valence-corrected chi connectivity index (χ2v) is 3.27. The molecule has 15 heavy (non-hydrogen) atoms. The van der Waals surface area contributed by atoms with Gasteiger partial charge >= 0.3 is 6.18 Å². The van der Waals surface area contributed by atoms with Crippen molar-refractivity contribution in [1.82, 2.24) is 4.90 Å². The summed E-state index contributed by atoms with van der Waals surface area (Å²) in [6.45, 7) is 4.16. The van der Waals surface area contributed by atoms with Crippen LogP contribution in [0.2, 0.25) is 0 Å². The fourth-order valence-electron chi connectivity index (χ4n) is 1.29. The number of nitrogens with zero attached hydrogens (tertiary/aromatic N) is 1. The largest absolute Gasteiger partial charge is 0.406 e. The summed E-state index contributed by atoms with van der Waals surface area (Å²) in [6, 6.07) is 0. The third-order valence-corrected chi connectivity index (χ3v) is 1.89. The average Bonchev–Trinajstić information content (AvgIpc) is 2.08. The zero-order valence-corrected chi connectivity index (χ0v) is 8.23. The molecule has 0 radical (unpaired) electrons. The van der Waals surface area contributed by atoms with Gasteiger partial charge in [-0.25, -0.2) is 0 Å². The highest BCUT2D eigenvalue weighted by Crippen LogP contribution is 2.26. The summed E-state index contributed by atoms with van der Waals surface area (Å²) in [7, 11) is 0. The monoisotopic (exact) mass is 213 g/mol. The molecular weight excluding hydrogens is 203 g/mol. The van der Waals surface area contributed by atoms with Crippen molar-refractivity contribution in [3.05, 3.63) is 35.7 Å². The molecule has 0 aromatic heterocycles. The number of hydrogen-bond donors (Lipinski definition) is 0. The molecule has 0 atom stereocenters. The molecule has 0 saturated heterocycles. The summed E-state index contributed by atoms with van der Waals surface area (Å²) in [5.41, 5.74) is 1.28. The van der Waals surface area contributed by atoms with Crippen LogP contribution in [0.3, 0.4) is 0 Å². The third-order valence-electron chi connectivity index (χ3n) is 1.89. The lowest BCUT2D eigenvalue weighted by Crippen LogP contribution is -2.31. The van der Waals surface area contributed by atoms with Gasteiger partial charge in [-0.3, -0.25) is 0 Å². The molecule has 0 amide bonds. The molecule has 0 aromatic rings. The van der Waals surface area contributed by atoms with Gasteiger partial charge in [-0.15, -0.1) is 6.42 Å². The van der Waals surface area contributed by atoms with Gasteiger partial charge in [-0.05, 0) is 18.6 Å². The first kappa shape index (κ1) is 11.4. The van der Waals surface area contributed by atoms with Crippen LogP contribution in [0.5, 0.6) is 0 Å². The summed E-state index contributed by atoms with van der Waals surface area (Å²) in [4.78, 5) is 1.02. The van der Waals surface area contributed by atoms with Crippen LogP contribution < -0.4 is 0 Å². The van der Waals surface area contributed by atoms with Gasteiger partial charge in [0, 0.05) is 17.5 Å². The van der Waals surface area contributed by atoms with Crippen molar-refractivity contribution < 1.29 is 13.2 Å². The van der Waals surface area contributed by atoms with Crippen molar-refractivity contribution in [3.8, 4) is 12.3 Å². The Morgan fingerprint density at radius 2 is 2.13 bits per heavy atom. The summed E-state index contributed by atoms with van der Waals surface area (Å²) >= 11 is 0. The second-order valence-electron chi connectivity index (χ2n) is 3.27. The Morgan fingerprint density at radius 3 is 2.60 bits per heavy atom. The zero-order chi connectivity index (χ0) is 11.6. The molecule has 1 heterocycles. The van der Waals surface area contributed by atoms with Gasteiger partial charge in [0.1, 0.15) is 6.54 Å². The first-order valence-corrected chi connectivity index (χ1v) is 4.23. The lowest BCUT2D eigenvalue weighted by Gasteiger charge is -2.27. The topological polar surface area (TPSA) is 3.24 Å². The van der Waals surface area contributed by atoms with Gasteiger partial charge in [0.25, 0.3) is 0 Å². The molecule has 0 unspecified atom stereocenters. The highest BCUT2D eigenvalue weighted by Gasteiger charge is 2.31. The third kappa shape index (κ3) is 2.91. The van der Waals surface area contributed by atoms with Crippen LogP contribution in [0.4, 0.5) is 13.2 Å². The van der Waals surface area contributed by atoms with E-state index >= 15 is 0 Å². The van der Waals surface area contributed by atoms with E-state index in [4.69, 9.17) is 6.42 Å². The Bertz CT molecular complexity index is 380. The summed E-state index contributed by atoms with van der Waals surface area (Å²) in [6.07, 6.45) is 3.92. The maximum atomic E-state index is 12.2. The standard InChI is InChI=1S/C11H10F3N/c1-4-10-5-8(2)6-15(9(10)3)7-11(12,13)14/h1,5-6H,3,7H2,2H3. The highest BCUT2D eigenvalue weighted by molar-refractivity contribution is 5.49. The van der Waals surface area contributed by atoms with Gasteiger partial charge in [-0.2, -0.15) is 13.2 Å². The summed E-state index contributed by atoms with van der Waals surface area (Å²) < 4.78 is 36.6. The normalized spacial score (nSPS) is 17.0. The lowest BCUT2D eigenvalue weighted by atomic mass is 10.1. The molecule has 0 fully saturated rings. The van der Waals surface area contributed by atoms with E-state index in [2.05, 4.69) is 12.5 Å². The molecule has 1 aliphatic heterocycles. The first-order chi connectivity index (χ1) is 6.83. The molecule has 0 saturated carbocycles. The average molecular weight is 213 g/mol. The minimum Gasteiger partial charge on any atom is -0.338 e. The van der Waals surface area contributed by atoms with Crippen LogP contribution >= 0.6 is 0 Å². The summed E-state index contributed by atoms with van der Waals surface area (Å²) in [5.74, 6) is 2.31. The van der Waals surface area contributed by atoms with E-state index in [1.54, 1.807) is 13.0 Å². The number of allylic oxidation sites excluding steroid dienone is 3. The van der Waals surface area contributed by atoms with E-state index in [-0.39, 0.29) is 5.70 Å². The van der Waals surface area contributed by atoms with Crippen molar-refractivity contribution in [3.63, 3.8) is 0 Å². The van der Waals surface area contributed by atoms with Crippen molar-refractivity contribution in [1.29, 1.82) is 0 Å². The molecule has 1 rings (SSSR count). The predicted molar refractivity (Wildman–Crippen MR) is 52.6 cm³/mol. The van der Waals surface area contributed by atoms with Gasteiger partial charge in [0.2, 0.25) is 0 Å². The van der Waals surface area contributed by atoms with Crippen LogP contribution in [0, 0.1) is 12.3 Å². The smallest absolute Gasteiger partial charge is 0.338 e. The van der Waals surface area contributed by atoms with Gasteiger partial charge < -0.3 is 4.90 Å². The quantitative estimate of drug-likeness (QED) is 0.605. The predicted octanol–water partition coefficient (Wildman–Crippen LogP) is 2.84. The molecule has 4 heteroatoms. The lowest BCUT2D eigenvalue weighted by molar-refractivity contribution is -0.136. The molecule has 0 aliphatic carbocycles. The highest BCUT2D eigenvalue weighted by atomic mass is 19.4. The molecule has 0 spiro atoms. The Morgan fingerprint density at radius 1 is 1.53 bits per heavy atom. The van der Waals surface area contributed by atoms with Crippen LogP contribution in [-0.2, 0) is 0 Å². The molecule has 0 aromatic carbocycles. The Kier molecular flexibility index (Phi) is 2.94. The summed E-state index contributed by atoms with van der Waals surface area (Å²) in [5, 5.41) is 0. The van der Waals surface area contributed by atoms with Crippen LogP contribution in [0.25, 0.3) is 0 Å². The molecule has 0 N–H and O–H groups in total. The zero-order valence-electron chi connectivity index (χ0n) is 8.23. The van der Waals surface area contributed by atoms with E-state index in [1.165, 1.54) is 6.20 Å². The molecular formula is C11H10F3N. The van der Waals surface area contributed by atoms with Gasteiger partial charge in [0.15, 0.2) is 0 Å². The van der Waals surface area contributed by atoms with Crippen molar-refractivity contribution >= 4 is 0 Å². The van der Waals surface area contributed by atoms with Gasteiger partial charge in [-0.1, -0.05) is 12.5 Å². The number of alkyl halides is 3. The van der Waals surface area contributed by atoms with E-state index in [9.17, 15) is 13.2 Å². The van der Waals surface area contributed by atoms with Crippen LogP contribution in [0.1, 0.15) is 6.92 Å². The maximum Gasteiger partial charge on any atom is 0.406 e. The Hall–Kier alpha value is -1.63. The second kappa shape index (κ2) is 3.85. The van der Waals surface area contributed by atoms with Crippen LogP contribution in [0.15, 0.2) is 35.7 Å². The minimum atomic E-state index is -4.27. The fourth-order valence-corrected chi connectivity index (χ4v) is 1.29.